The van der Waals surface area contributed by atoms with Crippen LogP contribution in [0, 0.1) is 26.6 Å². The smallest absolute Gasteiger partial charge is 0.228 e. The summed E-state index contributed by atoms with van der Waals surface area (Å²) in [5.74, 6) is 0.214. The first-order chi connectivity index (χ1) is 15.4. The van der Waals surface area contributed by atoms with Gasteiger partial charge in [0.05, 0.1) is 24.6 Å². The zero-order valence-corrected chi connectivity index (χ0v) is 18.7. The zero-order valence-electron chi connectivity index (χ0n) is 18.7. The average molecular weight is 436 g/mol. The van der Waals surface area contributed by atoms with Gasteiger partial charge in [0.25, 0.3) is 0 Å². The Balaban J connectivity index is 0.000000354. The van der Waals surface area contributed by atoms with Gasteiger partial charge in [0.2, 0.25) is 5.95 Å². The largest absolute Gasteiger partial charge is 0.378 e. The predicted molar refractivity (Wildman–Crippen MR) is 121 cm³/mol. The lowest BCUT2D eigenvalue weighted by Crippen LogP contribution is -2.37. The Morgan fingerprint density at radius 2 is 1.72 bits per heavy atom. The first kappa shape index (κ1) is 21.8. The van der Waals surface area contributed by atoms with Gasteiger partial charge in [-0.3, -0.25) is 4.68 Å². The molecule has 0 amide bonds. The second kappa shape index (κ2) is 9.35. The molecule has 1 aromatic carbocycles. The molecule has 4 aromatic rings. The van der Waals surface area contributed by atoms with Crippen LogP contribution in [0.1, 0.15) is 17.0 Å². The lowest BCUT2D eigenvalue weighted by Gasteiger charge is -2.27. The molecule has 0 saturated carbocycles. The Kier molecular flexibility index (Phi) is 6.36. The number of benzene rings is 1. The van der Waals surface area contributed by atoms with Crippen molar-refractivity contribution in [2.75, 3.05) is 31.2 Å². The van der Waals surface area contributed by atoms with Gasteiger partial charge in [0, 0.05) is 38.1 Å². The molecule has 0 spiro atoms. The number of ether oxygens (including phenoxy) is 1. The first-order valence-corrected chi connectivity index (χ1v) is 10.5. The van der Waals surface area contributed by atoms with Crippen molar-refractivity contribution < 1.29 is 9.13 Å². The fourth-order valence-corrected chi connectivity index (χ4v) is 3.35. The maximum Gasteiger partial charge on any atom is 0.228 e. The minimum atomic E-state index is -0.321. The lowest BCUT2D eigenvalue weighted by atomic mass is 10.1. The third kappa shape index (κ3) is 4.72. The van der Waals surface area contributed by atoms with Crippen LogP contribution in [-0.4, -0.2) is 56.0 Å². The Morgan fingerprint density at radius 1 is 0.969 bits per heavy atom. The molecule has 4 heterocycles. The van der Waals surface area contributed by atoms with E-state index >= 15 is 0 Å². The summed E-state index contributed by atoms with van der Waals surface area (Å²) in [7, 11) is 1.89. The van der Waals surface area contributed by atoms with E-state index in [1.165, 1.54) is 6.07 Å². The van der Waals surface area contributed by atoms with Gasteiger partial charge in [-0.1, -0.05) is 6.07 Å². The van der Waals surface area contributed by atoms with Gasteiger partial charge in [-0.05, 0) is 44.5 Å². The van der Waals surface area contributed by atoms with E-state index in [0.29, 0.717) is 54.7 Å². The molecular formula is C23H26FN7O. The van der Waals surface area contributed by atoms with Crippen LogP contribution in [0.4, 0.5) is 10.3 Å². The molecule has 8 nitrogen and oxygen atoms in total. The highest BCUT2D eigenvalue weighted by molar-refractivity contribution is 5.88. The van der Waals surface area contributed by atoms with Crippen LogP contribution in [0.2, 0.25) is 0 Å². The molecule has 0 aliphatic carbocycles. The van der Waals surface area contributed by atoms with E-state index in [4.69, 9.17) is 4.74 Å². The normalized spacial score (nSPS) is 13.7. The highest BCUT2D eigenvalue weighted by Crippen LogP contribution is 2.29. The second-order valence-electron chi connectivity index (χ2n) is 7.70. The molecule has 0 N–H and O–H groups in total. The van der Waals surface area contributed by atoms with Crippen LogP contribution < -0.4 is 4.90 Å². The fourth-order valence-electron chi connectivity index (χ4n) is 3.35. The molecule has 1 fully saturated rings. The van der Waals surface area contributed by atoms with Crippen LogP contribution in [0.3, 0.4) is 0 Å². The molecule has 166 valence electrons. The minimum absolute atomic E-state index is 0.321. The van der Waals surface area contributed by atoms with Gasteiger partial charge in [-0.15, -0.1) is 0 Å². The maximum atomic E-state index is 14.7. The number of aromatic nitrogens is 6. The molecule has 0 atom stereocenters. The number of nitrogens with zero attached hydrogens (tertiary/aromatic N) is 7. The summed E-state index contributed by atoms with van der Waals surface area (Å²) in [5, 5.41) is 3.83. The molecule has 1 saturated heterocycles. The van der Waals surface area contributed by atoms with Crippen LogP contribution in [-0.2, 0) is 11.8 Å². The first-order valence-electron chi connectivity index (χ1n) is 10.5. The summed E-state index contributed by atoms with van der Waals surface area (Å²) in [6, 6.07) is 7.01. The third-order valence-corrected chi connectivity index (χ3v) is 5.24. The van der Waals surface area contributed by atoms with Crippen LogP contribution in [0.25, 0.3) is 22.4 Å². The standard InChI is InChI=1S/C19H20FN5O.C4H6N2/c1-11-4-5-14(15(20)10-11)16-17-18(22-13(3)12(2)21-17)24-19(23-16)25-6-8-26-9-7-25;1-6-4-2-3-5-6/h4-5,10H,6-9H2,1-3H3;2-4H,1H3. The number of morpholine rings is 1. The van der Waals surface area contributed by atoms with E-state index in [9.17, 15) is 4.39 Å². The number of anilines is 1. The van der Waals surface area contributed by atoms with Crippen molar-refractivity contribution in [1.29, 1.82) is 0 Å². The fraction of sp³-hybridized carbons (Fsp3) is 0.348. The van der Waals surface area contributed by atoms with E-state index in [0.717, 1.165) is 17.0 Å². The van der Waals surface area contributed by atoms with Gasteiger partial charge >= 0.3 is 0 Å². The summed E-state index contributed by atoms with van der Waals surface area (Å²) in [6.07, 6.45) is 3.64. The third-order valence-electron chi connectivity index (χ3n) is 5.24. The number of aryl methyl sites for hydroxylation is 4. The van der Waals surface area contributed by atoms with Crippen LogP contribution in [0.15, 0.2) is 36.7 Å². The summed E-state index contributed by atoms with van der Waals surface area (Å²) in [5.41, 5.74) is 4.34. The van der Waals surface area contributed by atoms with E-state index in [-0.39, 0.29) is 5.82 Å². The quantitative estimate of drug-likeness (QED) is 0.477. The molecule has 0 unspecified atom stereocenters. The van der Waals surface area contributed by atoms with E-state index in [2.05, 4.69) is 25.0 Å². The molecular weight excluding hydrogens is 409 g/mol. The minimum Gasteiger partial charge on any atom is -0.378 e. The SMILES string of the molecule is Cc1ccc(-c2nc(N3CCOCC3)nc3nc(C)c(C)nc23)c(F)c1.Cn1cccn1. The summed E-state index contributed by atoms with van der Waals surface area (Å²) in [4.78, 5) is 20.5. The van der Waals surface area contributed by atoms with Gasteiger partial charge in [0.1, 0.15) is 17.0 Å². The molecule has 1 aliphatic rings. The number of fused-ring (bicyclic) bond motifs is 1. The molecule has 0 bridgehead atoms. The number of hydrogen-bond acceptors (Lipinski definition) is 7. The molecule has 32 heavy (non-hydrogen) atoms. The summed E-state index contributed by atoms with van der Waals surface area (Å²) < 4.78 is 21.8. The van der Waals surface area contributed by atoms with Crippen molar-refractivity contribution in [3.8, 4) is 11.3 Å². The molecule has 0 radical (unpaired) electrons. The predicted octanol–water partition coefficient (Wildman–Crippen LogP) is 3.41. The summed E-state index contributed by atoms with van der Waals surface area (Å²) in [6.45, 7) is 8.26. The van der Waals surface area contributed by atoms with E-state index < -0.39 is 0 Å². The van der Waals surface area contributed by atoms with Crippen molar-refractivity contribution in [2.45, 2.75) is 20.8 Å². The Morgan fingerprint density at radius 3 is 2.34 bits per heavy atom. The van der Waals surface area contributed by atoms with Crippen molar-refractivity contribution in [1.82, 2.24) is 29.7 Å². The molecule has 3 aromatic heterocycles. The van der Waals surface area contributed by atoms with Crippen molar-refractivity contribution in [3.63, 3.8) is 0 Å². The molecule has 1 aliphatic heterocycles. The Labute approximate surface area is 186 Å². The highest BCUT2D eigenvalue weighted by Gasteiger charge is 2.21. The van der Waals surface area contributed by atoms with Gasteiger partial charge < -0.3 is 9.64 Å². The van der Waals surface area contributed by atoms with Crippen molar-refractivity contribution in [3.05, 3.63) is 59.4 Å². The number of hydrogen-bond donors (Lipinski definition) is 0. The van der Waals surface area contributed by atoms with Gasteiger partial charge in [-0.25, -0.2) is 19.3 Å². The van der Waals surface area contributed by atoms with Gasteiger partial charge in [0.15, 0.2) is 5.65 Å². The average Bonchev–Trinajstić information content (AvgIpc) is 3.26. The second-order valence-corrected chi connectivity index (χ2v) is 7.70. The van der Waals surface area contributed by atoms with E-state index in [1.54, 1.807) is 16.9 Å². The Bertz CT molecular complexity index is 1220. The lowest BCUT2D eigenvalue weighted by molar-refractivity contribution is 0.122. The topological polar surface area (TPSA) is 81.9 Å². The monoisotopic (exact) mass is 435 g/mol. The molecule has 5 rings (SSSR count). The van der Waals surface area contributed by atoms with Crippen molar-refractivity contribution >= 4 is 17.1 Å². The number of rotatable bonds is 2. The zero-order chi connectivity index (χ0) is 22.7. The highest BCUT2D eigenvalue weighted by atomic mass is 19.1. The maximum absolute atomic E-state index is 14.7. The summed E-state index contributed by atoms with van der Waals surface area (Å²) >= 11 is 0. The van der Waals surface area contributed by atoms with Gasteiger partial charge in [-0.2, -0.15) is 10.1 Å². The van der Waals surface area contributed by atoms with E-state index in [1.807, 2.05) is 51.0 Å². The van der Waals surface area contributed by atoms with Crippen LogP contribution >= 0.6 is 0 Å². The van der Waals surface area contributed by atoms with Crippen LogP contribution in [0.5, 0.6) is 0 Å². The number of halogens is 1. The van der Waals surface area contributed by atoms with Crippen molar-refractivity contribution in [2.24, 2.45) is 7.05 Å². The Hall–Kier alpha value is -3.46. The molecule has 9 heteroatoms.